The number of aliphatic carboxylic acids is 1. The SMILES string of the molecule is CN1CC(NC(=O)N2CCC(C)(C(=O)O)C2)CCC1=O. The van der Waals surface area contributed by atoms with Crippen molar-refractivity contribution in [1.82, 2.24) is 15.1 Å². The number of hydrogen-bond donors (Lipinski definition) is 2. The molecule has 20 heavy (non-hydrogen) atoms. The number of piperidine rings is 1. The summed E-state index contributed by atoms with van der Waals surface area (Å²) in [6, 6.07) is -0.287. The van der Waals surface area contributed by atoms with Crippen LogP contribution in [-0.2, 0) is 9.59 Å². The highest BCUT2D eigenvalue weighted by Crippen LogP contribution is 2.30. The molecule has 2 saturated heterocycles. The van der Waals surface area contributed by atoms with Crippen molar-refractivity contribution in [3.05, 3.63) is 0 Å². The Bertz CT molecular complexity index is 439. The summed E-state index contributed by atoms with van der Waals surface area (Å²) in [5, 5.41) is 12.0. The van der Waals surface area contributed by atoms with E-state index in [4.69, 9.17) is 5.11 Å². The second-order valence-electron chi connectivity index (χ2n) is 6.00. The second kappa shape index (κ2) is 5.30. The Labute approximate surface area is 117 Å². The average Bonchev–Trinajstić information content (AvgIpc) is 2.78. The molecule has 0 aromatic carbocycles. The number of carbonyl (C=O) groups is 3. The van der Waals surface area contributed by atoms with Gasteiger partial charge in [-0.3, -0.25) is 9.59 Å². The molecule has 2 aliphatic rings. The predicted molar refractivity (Wildman–Crippen MR) is 71.1 cm³/mol. The third-order valence-electron chi connectivity index (χ3n) is 4.23. The quantitative estimate of drug-likeness (QED) is 0.753. The highest BCUT2D eigenvalue weighted by Gasteiger charge is 2.42. The summed E-state index contributed by atoms with van der Waals surface area (Å²) in [5.41, 5.74) is -0.851. The van der Waals surface area contributed by atoms with Crippen LogP contribution in [-0.4, -0.2) is 65.5 Å². The molecule has 2 aliphatic heterocycles. The number of nitrogens with zero attached hydrogens (tertiary/aromatic N) is 2. The number of likely N-dealkylation sites (tertiary alicyclic amines) is 2. The van der Waals surface area contributed by atoms with Crippen LogP contribution in [0.4, 0.5) is 4.79 Å². The number of amides is 3. The third kappa shape index (κ3) is 2.86. The van der Waals surface area contributed by atoms with Crippen LogP contribution in [0.15, 0.2) is 0 Å². The van der Waals surface area contributed by atoms with Gasteiger partial charge in [-0.1, -0.05) is 0 Å². The van der Waals surface area contributed by atoms with Gasteiger partial charge in [-0.2, -0.15) is 0 Å². The van der Waals surface area contributed by atoms with Crippen LogP contribution in [0.3, 0.4) is 0 Å². The molecular formula is C13H21N3O4. The monoisotopic (exact) mass is 283 g/mol. The molecule has 2 N–H and O–H groups in total. The number of carboxylic acid groups (broad SMARTS) is 1. The molecule has 7 nitrogen and oxygen atoms in total. The molecule has 2 fully saturated rings. The minimum absolute atomic E-state index is 0.0538. The molecule has 112 valence electrons. The number of urea groups is 1. The Balaban J connectivity index is 1.87. The van der Waals surface area contributed by atoms with E-state index in [1.54, 1.807) is 23.8 Å². The van der Waals surface area contributed by atoms with Gasteiger partial charge in [-0.15, -0.1) is 0 Å². The van der Waals surface area contributed by atoms with E-state index in [-0.39, 0.29) is 24.5 Å². The van der Waals surface area contributed by atoms with Gasteiger partial charge in [0.25, 0.3) is 0 Å². The second-order valence-corrected chi connectivity index (χ2v) is 6.00. The molecule has 2 atom stereocenters. The van der Waals surface area contributed by atoms with E-state index in [2.05, 4.69) is 5.32 Å². The molecule has 0 aromatic rings. The highest BCUT2D eigenvalue weighted by molar-refractivity contribution is 5.80. The van der Waals surface area contributed by atoms with E-state index in [1.165, 1.54) is 0 Å². The summed E-state index contributed by atoms with van der Waals surface area (Å²) in [4.78, 5) is 37.8. The maximum atomic E-state index is 12.1. The van der Waals surface area contributed by atoms with Crippen LogP contribution < -0.4 is 5.32 Å². The van der Waals surface area contributed by atoms with Crippen LogP contribution in [0.5, 0.6) is 0 Å². The molecule has 2 rings (SSSR count). The molecule has 7 heteroatoms. The Morgan fingerprint density at radius 2 is 2.15 bits per heavy atom. The van der Waals surface area contributed by atoms with Gasteiger partial charge in [0, 0.05) is 39.1 Å². The van der Waals surface area contributed by atoms with Gasteiger partial charge in [0.05, 0.1) is 5.41 Å². The van der Waals surface area contributed by atoms with Crippen molar-refractivity contribution >= 4 is 17.9 Å². The average molecular weight is 283 g/mol. The number of nitrogens with one attached hydrogen (secondary N) is 1. The number of rotatable bonds is 2. The van der Waals surface area contributed by atoms with Crippen molar-refractivity contribution in [3.8, 4) is 0 Å². The van der Waals surface area contributed by atoms with Crippen LogP contribution in [0.2, 0.25) is 0 Å². The van der Waals surface area contributed by atoms with Crippen LogP contribution in [0, 0.1) is 5.41 Å². The summed E-state index contributed by atoms with van der Waals surface area (Å²) < 4.78 is 0. The zero-order chi connectivity index (χ0) is 14.9. The predicted octanol–water partition coefficient (Wildman–Crippen LogP) is 0.113. The van der Waals surface area contributed by atoms with Crippen LogP contribution >= 0.6 is 0 Å². The zero-order valence-corrected chi connectivity index (χ0v) is 11.9. The lowest BCUT2D eigenvalue weighted by Crippen LogP contribution is -2.52. The van der Waals surface area contributed by atoms with E-state index in [9.17, 15) is 14.4 Å². The smallest absolute Gasteiger partial charge is 0.317 e. The van der Waals surface area contributed by atoms with Gasteiger partial charge in [0.2, 0.25) is 5.91 Å². The molecule has 0 spiro atoms. The van der Waals surface area contributed by atoms with Gasteiger partial charge >= 0.3 is 12.0 Å². The first-order valence-corrected chi connectivity index (χ1v) is 6.84. The van der Waals surface area contributed by atoms with Crippen molar-refractivity contribution in [2.45, 2.75) is 32.2 Å². The molecule has 0 radical (unpaired) electrons. The van der Waals surface area contributed by atoms with Gasteiger partial charge in [0.1, 0.15) is 0 Å². The van der Waals surface area contributed by atoms with E-state index in [1.807, 2.05) is 0 Å². The topological polar surface area (TPSA) is 90.0 Å². The summed E-state index contributed by atoms with van der Waals surface area (Å²) in [6.07, 6.45) is 1.55. The number of carboxylic acids is 1. The Kier molecular flexibility index (Phi) is 3.87. The summed E-state index contributed by atoms with van der Waals surface area (Å²) in [5.74, 6) is -0.772. The van der Waals surface area contributed by atoms with E-state index in [0.29, 0.717) is 32.4 Å². The Morgan fingerprint density at radius 3 is 2.70 bits per heavy atom. The maximum Gasteiger partial charge on any atom is 0.317 e. The van der Waals surface area contributed by atoms with Crippen molar-refractivity contribution in [3.63, 3.8) is 0 Å². The number of likely N-dealkylation sites (N-methyl/N-ethyl adjacent to an activating group) is 1. The van der Waals surface area contributed by atoms with Crippen molar-refractivity contribution in [1.29, 1.82) is 0 Å². The standard InChI is InChI=1S/C13H21N3O4/c1-13(11(18)19)5-6-16(8-13)12(20)14-9-3-4-10(17)15(2)7-9/h9H,3-8H2,1-2H3,(H,14,20)(H,18,19). The Morgan fingerprint density at radius 1 is 1.45 bits per heavy atom. The molecular weight excluding hydrogens is 262 g/mol. The van der Waals surface area contributed by atoms with Crippen LogP contribution in [0.25, 0.3) is 0 Å². The molecule has 0 saturated carbocycles. The molecule has 0 bridgehead atoms. The molecule has 0 aliphatic carbocycles. The number of carbonyl (C=O) groups excluding carboxylic acids is 2. The molecule has 0 aromatic heterocycles. The van der Waals surface area contributed by atoms with E-state index in [0.717, 1.165) is 0 Å². The highest BCUT2D eigenvalue weighted by atomic mass is 16.4. The summed E-state index contributed by atoms with van der Waals surface area (Å²) in [7, 11) is 1.72. The molecule has 2 heterocycles. The van der Waals surface area contributed by atoms with Gasteiger partial charge in [-0.05, 0) is 19.8 Å². The first-order chi connectivity index (χ1) is 9.32. The van der Waals surface area contributed by atoms with E-state index >= 15 is 0 Å². The van der Waals surface area contributed by atoms with Gasteiger partial charge in [-0.25, -0.2) is 4.79 Å². The van der Waals surface area contributed by atoms with Gasteiger partial charge < -0.3 is 20.2 Å². The fourth-order valence-electron chi connectivity index (χ4n) is 2.70. The van der Waals surface area contributed by atoms with E-state index < -0.39 is 11.4 Å². The normalized spacial score (nSPS) is 30.5. The first kappa shape index (κ1) is 14.6. The lowest BCUT2D eigenvalue weighted by atomic mass is 9.90. The molecule has 2 unspecified atom stereocenters. The minimum atomic E-state index is -0.865. The van der Waals surface area contributed by atoms with Crippen LogP contribution in [0.1, 0.15) is 26.2 Å². The number of hydrogen-bond acceptors (Lipinski definition) is 3. The molecule has 3 amide bonds. The summed E-state index contributed by atoms with van der Waals surface area (Å²) in [6.45, 7) is 2.86. The maximum absolute atomic E-state index is 12.1. The van der Waals surface area contributed by atoms with Crippen molar-refractivity contribution in [2.75, 3.05) is 26.7 Å². The largest absolute Gasteiger partial charge is 0.481 e. The first-order valence-electron chi connectivity index (χ1n) is 6.84. The van der Waals surface area contributed by atoms with Gasteiger partial charge in [0.15, 0.2) is 0 Å². The summed E-state index contributed by atoms with van der Waals surface area (Å²) >= 11 is 0. The lowest BCUT2D eigenvalue weighted by molar-refractivity contribution is -0.147. The zero-order valence-electron chi connectivity index (χ0n) is 11.9. The fraction of sp³-hybridized carbons (Fsp3) is 0.769. The van der Waals surface area contributed by atoms with Crippen molar-refractivity contribution in [2.24, 2.45) is 5.41 Å². The fourth-order valence-corrected chi connectivity index (χ4v) is 2.70. The van der Waals surface area contributed by atoms with Crippen molar-refractivity contribution < 1.29 is 19.5 Å². The third-order valence-corrected chi connectivity index (χ3v) is 4.23. The minimum Gasteiger partial charge on any atom is -0.481 e. The Hall–Kier alpha value is -1.79. The lowest BCUT2D eigenvalue weighted by Gasteiger charge is -2.31.